The summed E-state index contributed by atoms with van der Waals surface area (Å²) in [5.74, 6) is -0.409. The molecule has 0 aromatic heterocycles. The maximum atomic E-state index is 13.2. The Kier molecular flexibility index (Phi) is 4.92. The van der Waals surface area contributed by atoms with Gasteiger partial charge in [0.05, 0.1) is 17.2 Å². The van der Waals surface area contributed by atoms with Gasteiger partial charge in [-0.25, -0.2) is 4.39 Å². The van der Waals surface area contributed by atoms with Gasteiger partial charge < -0.3 is 10.5 Å². The molecule has 1 aromatic rings. The van der Waals surface area contributed by atoms with Crippen molar-refractivity contribution in [2.75, 3.05) is 6.61 Å². The van der Waals surface area contributed by atoms with E-state index in [0.717, 1.165) is 5.56 Å². The first-order valence-electron chi connectivity index (χ1n) is 5.62. The monoisotopic (exact) mass is 259 g/mol. The first-order valence-corrected chi connectivity index (χ1v) is 6.00. The van der Waals surface area contributed by atoms with Crippen LogP contribution in [0.5, 0.6) is 0 Å². The lowest BCUT2D eigenvalue weighted by molar-refractivity contribution is -0.00983. The van der Waals surface area contributed by atoms with Crippen LogP contribution in [0.4, 0.5) is 4.39 Å². The van der Waals surface area contributed by atoms with E-state index in [0.29, 0.717) is 13.0 Å². The van der Waals surface area contributed by atoms with Gasteiger partial charge in [0.1, 0.15) is 5.82 Å². The van der Waals surface area contributed by atoms with Crippen molar-refractivity contribution >= 4 is 11.6 Å². The molecule has 0 fully saturated rings. The Labute approximate surface area is 107 Å². The third-order valence-electron chi connectivity index (χ3n) is 2.24. The van der Waals surface area contributed by atoms with E-state index in [-0.39, 0.29) is 16.7 Å². The highest BCUT2D eigenvalue weighted by atomic mass is 35.5. The van der Waals surface area contributed by atoms with E-state index >= 15 is 0 Å². The first kappa shape index (κ1) is 14.4. The molecule has 1 atom stereocenters. The van der Waals surface area contributed by atoms with E-state index in [1.165, 1.54) is 6.07 Å². The molecule has 0 heterocycles. The minimum absolute atomic E-state index is 0.152. The molecule has 0 radical (unpaired) electrons. The molecular formula is C13H19ClFNO. The van der Waals surface area contributed by atoms with Gasteiger partial charge >= 0.3 is 0 Å². The standard InChI is InChI=1S/C13H19ClFNO/c1-13(2,3)17-8-10(16)7-9-5-4-6-11(15)12(9)14/h4-6,10H,7-8,16H2,1-3H3. The van der Waals surface area contributed by atoms with E-state index in [1.54, 1.807) is 12.1 Å². The van der Waals surface area contributed by atoms with Crippen LogP contribution in [0.2, 0.25) is 5.02 Å². The van der Waals surface area contributed by atoms with Crippen molar-refractivity contribution in [1.29, 1.82) is 0 Å². The van der Waals surface area contributed by atoms with Gasteiger partial charge in [-0.15, -0.1) is 0 Å². The highest BCUT2D eigenvalue weighted by molar-refractivity contribution is 6.31. The minimum Gasteiger partial charge on any atom is -0.374 e. The van der Waals surface area contributed by atoms with Crippen LogP contribution in [0, 0.1) is 5.82 Å². The van der Waals surface area contributed by atoms with Crippen LogP contribution < -0.4 is 5.73 Å². The Balaban J connectivity index is 2.56. The summed E-state index contributed by atoms with van der Waals surface area (Å²) >= 11 is 5.86. The molecule has 0 amide bonds. The molecular weight excluding hydrogens is 241 g/mol. The van der Waals surface area contributed by atoms with Crippen LogP contribution in [0.1, 0.15) is 26.3 Å². The SMILES string of the molecule is CC(C)(C)OCC(N)Cc1cccc(F)c1Cl. The predicted molar refractivity (Wildman–Crippen MR) is 68.8 cm³/mol. The van der Waals surface area contributed by atoms with Gasteiger partial charge in [0.25, 0.3) is 0 Å². The average Bonchev–Trinajstić information content (AvgIpc) is 2.21. The number of halogens is 2. The van der Waals surface area contributed by atoms with Crippen molar-refractivity contribution in [3.8, 4) is 0 Å². The molecule has 0 saturated heterocycles. The number of ether oxygens (including phenoxy) is 1. The van der Waals surface area contributed by atoms with Gasteiger partial charge in [0, 0.05) is 6.04 Å². The maximum absolute atomic E-state index is 13.2. The summed E-state index contributed by atoms with van der Waals surface area (Å²) in [5, 5.41) is 0.152. The summed E-state index contributed by atoms with van der Waals surface area (Å²) in [6, 6.07) is 4.56. The molecule has 0 spiro atoms. The van der Waals surface area contributed by atoms with Crippen LogP contribution in [-0.4, -0.2) is 18.2 Å². The third-order valence-corrected chi connectivity index (χ3v) is 2.67. The minimum atomic E-state index is -0.409. The number of nitrogens with two attached hydrogens (primary N) is 1. The van der Waals surface area contributed by atoms with E-state index in [9.17, 15) is 4.39 Å². The van der Waals surface area contributed by atoms with Gasteiger partial charge in [-0.05, 0) is 38.8 Å². The highest BCUT2D eigenvalue weighted by Crippen LogP contribution is 2.21. The molecule has 2 nitrogen and oxygen atoms in total. The topological polar surface area (TPSA) is 35.2 Å². The second-order valence-corrected chi connectivity index (χ2v) is 5.48. The van der Waals surface area contributed by atoms with Crippen LogP contribution >= 0.6 is 11.6 Å². The molecule has 1 aromatic carbocycles. The Hall–Kier alpha value is -0.640. The maximum Gasteiger partial charge on any atom is 0.142 e. The fraction of sp³-hybridized carbons (Fsp3) is 0.538. The normalized spacial score (nSPS) is 13.8. The highest BCUT2D eigenvalue weighted by Gasteiger charge is 2.15. The molecule has 4 heteroatoms. The first-order chi connectivity index (χ1) is 7.79. The fourth-order valence-corrected chi connectivity index (χ4v) is 1.61. The summed E-state index contributed by atoms with van der Waals surface area (Å²) in [5.41, 5.74) is 6.43. The van der Waals surface area contributed by atoms with Crippen molar-refractivity contribution in [1.82, 2.24) is 0 Å². The molecule has 0 aliphatic carbocycles. The summed E-state index contributed by atoms with van der Waals surface area (Å²) in [6.45, 7) is 6.33. The lowest BCUT2D eigenvalue weighted by atomic mass is 10.1. The largest absolute Gasteiger partial charge is 0.374 e. The molecule has 0 aliphatic heterocycles. The quantitative estimate of drug-likeness (QED) is 0.902. The molecule has 0 aliphatic rings. The van der Waals surface area contributed by atoms with Gasteiger partial charge in [0.2, 0.25) is 0 Å². The molecule has 2 N–H and O–H groups in total. The van der Waals surface area contributed by atoms with Gasteiger partial charge in [-0.1, -0.05) is 23.7 Å². The Morgan fingerprint density at radius 3 is 2.65 bits per heavy atom. The third kappa shape index (κ3) is 5.02. The van der Waals surface area contributed by atoms with E-state index < -0.39 is 5.82 Å². The zero-order valence-electron chi connectivity index (χ0n) is 10.5. The number of hydrogen-bond donors (Lipinski definition) is 1. The van der Waals surface area contributed by atoms with Crippen molar-refractivity contribution in [2.45, 2.75) is 38.8 Å². The van der Waals surface area contributed by atoms with Crippen LogP contribution in [0.3, 0.4) is 0 Å². The van der Waals surface area contributed by atoms with Gasteiger partial charge in [0.15, 0.2) is 0 Å². The smallest absolute Gasteiger partial charge is 0.142 e. The molecule has 17 heavy (non-hydrogen) atoms. The summed E-state index contributed by atoms with van der Waals surface area (Å²) < 4.78 is 18.8. The molecule has 1 unspecified atom stereocenters. The van der Waals surface area contributed by atoms with E-state index in [4.69, 9.17) is 22.1 Å². The number of rotatable bonds is 4. The number of benzene rings is 1. The summed E-state index contributed by atoms with van der Waals surface area (Å²) in [7, 11) is 0. The molecule has 0 saturated carbocycles. The van der Waals surface area contributed by atoms with Crippen LogP contribution in [-0.2, 0) is 11.2 Å². The number of hydrogen-bond acceptors (Lipinski definition) is 2. The Morgan fingerprint density at radius 1 is 1.41 bits per heavy atom. The van der Waals surface area contributed by atoms with Crippen molar-refractivity contribution < 1.29 is 9.13 Å². The fourth-order valence-electron chi connectivity index (χ4n) is 1.40. The zero-order chi connectivity index (χ0) is 13.1. The second kappa shape index (κ2) is 5.80. The molecule has 0 bridgehead atoms. The lowest BCUT2D eigenvalue weighted by Crippen LogP contribution is -2.33. The molecule has 1 rings (SSSR count). The van der Waals surface area contributed by atoms with Crippen molar-refractivity contribution in [3.05, 3.63) is 34.6 Å². The Morgan fingerprint density at radius 2 is 2.06 bits per heavy atom. The van der Waals surface area contributed by atoms with E-state index in [2.05, 4.69) is 0 Å². The van der Waals surface area contributed by atoms with Crippen LogP contribution in [0.15, 0.2) is 18.2 Å². The lowest BCUT2D eigenvalue weighted by Gasteiger charge is -2.22. The van der Waals surface area contributed by atoms with Crippen LogP contribution in [0.25, 0.3) is 0 Å². The van der Waals surface area contributed by atoms with Gasteiger partial charge in [-0.2, -0.15) is 0 Å². The predicted octanol–water partition coefficient (Wildman–Crippen LogP) is 3.16. The Bertz CT molecular complexity index is 376. The zero-order valence-corrected chi connectivity index (χ0v) is 11.2. The van der Waals surface area contributed by atoms with Gasteiger partial charge in [-0.3, -0.25) is 0 Å². The van der Waals surface area contributed by atoms with E-state index in [1.807, 2.05) is 20.8 Å². The summed E-state index contributed by atoms with van der Waals surface area (Å²) in [4.78, 5) is 0. The van der Waals surface area contributed by atoms with Crippen molar-refractivity contribution in [3.63, 3.8) is 0 Å². The second-order valence-electron chi connectivity index (χ2n) is 5.10. The van der Waals surface area contributed by atoms with Crippen molar-refractivity contribution in [2.24, 2.45) is 5.73 Å². The summed E-state index contributed by atoms with van der Waals surface area (Å²) in [6.07, 6.45) is 0.507. The molecule has 96 valence electrons. The average molecular weight is 260 g/mol.